The summed E-state index contributed by atoms with van der Waals surface area (Å²) in [6.07, 6.45) is 1.06. The van der Waals surface area contributed by atoms with Gasteiger partial charge in [-0.15, -0.1) is 0 Å². The highest BCUT2D eigenvalue weighted by atomic mass is 32.2. The smallest absolute Gasteiger partial charge is 0.281 e. The van der Waals surface area contributed by atoms with E-state index >= 15 is 0 Å². The molecule has 1 aromatic rings. The van der Waals surface area contributed by atoms with Crippen LogP contribution in [0.15, 0.2) is 18.2 Å². The number of hydrogen-bond donors (Lipinski definition) is 1. The summed E-state index contributed by atoms with van der Waals surface area (Å²) in [6.45, 7) is 1.79. The van der Waals surface area contributed by atoms with E-state index in [-0.39, 0.29) is 11.1 Å². The Morgan fingerprint density at radius 3 is 2.74 bits per heavy atom. The van der Waals surface area contributed by atoms with Gasteiger partial charge in [-0.2, -0.15) is 0 Å². The monoisotopic (exact) mass is 338 g/mol. The normalized spacial score (nSPS) is 14.0. The molecule has 2 amide bonds. The Morgan fingerprint density at radius 1 is 1.30 bits per heavy atom. The Morgan fingerprint density at radius 2 is 2.09 bits per heavy atom. The summed E-state index contributed by atoms with van der Waals surface area (Å²) in [6, 6.07) is 5.71. The SMILES string of the molecule is COc1ccc(CCNC(=O)CCN2CCSC2=O)cc1OC. The number of rotatable bonds is 8. The van der Waals surface area contributed by atoms with Crippen LogP contribution in [-0.4, -0.2) is 55.7 Å². The molecule has 1 aromatic carbocycles. The van der Waals surface area contributed by atoms with Crippen molar-refractivity contribution in [2.24, 2.45) is 0 Å². The molecule has 0 aliphatic carbocycles. The van der Waals surface area contributed by atoms with Gasteiger partial charge in [0.2, 0.25) is 5.91 Å². The molecule has 0 saturated carbocycles. The van der Waals surface area contributed by atoms with Gasteiger partial charge in [0.1, 0.15) is 0 Å². The molecule has 1 aliphatic heterocycles. The fourth-order valence-corrected chi connectivity index (χ4v) is 3.19. The van der Waals surface area contributed by atoms with Crippen molar-refractivity contribution in [3.05, 3.63) is 23.8 Å². The summed E-state index contributed by atoms with van der Waals surface area (Å²) in [5, 5.41) is 2.95. The van der Waals surface area contributed by atoms with Crippen LogP contribution >= 0.6 is 11.8 Å². The lowest BCUT2D eigenvalue weighted by Gasteiger charge is -2.14. The van der Waals surface area contributed by atoms with Crippen LogP contribution in [0.2, 0.25) is 0 Å². The number of nitrogens with one attached hydrogen (secondary N) is 1. The van der Waals surface area contributed by atoms with Gasteiger partial charge in [0.15, 0.2) is 11.5 Å². The molecule has 1 N–H and O–H groups in total. The highest BCUT2D eigenvalue weighted by Crippen LogP contribution is 2.27. The van der Waals surface area contributed by atoms with Crippen molar-refractivity contribution in [1.82, 2.24) is 10.2 Å². The fourth-order valence-electron chi connectivity index (χ4n) is 2.34. The molecule has 1 fully saturated rings. The molecule has 0 radical (unpaired) electrons. The van der Waals surface area contributed by atoms with E-state index in [0.29, 0.717) is 37.4 Å². The van der Waals surface area contributed by atoms with Crippen molar-refractivity contribution >= 4 is 22.9 Å². The van der Waals surface area contributed by atoms with Crippen molar-refractivity contribution in [2.75, 3.05) is 39.6 Å². The van der Waals surface area contributed by atoms with Crippen LogP contribution in [0.5, 0.6) is 11.5 Å². The zero-order valence-electron chi connectivity index (χ0n) is 13.5. The molecule has 0 unspecified atom stereocenters. The average Bonchev–Trinajstić information content (AvgIpc) is 2.97. The van der Waals surface area contributed by atoms with Gasteiger partial charge in [0, 0.05) is 31.8 Å². The minimum absolute atomic E-state index is 0.0322. The maximum atomic E-state index is 11.8. The molecule has 0 atom stereocenters. The molecule has 1 saturated heterocycles. The maximum absolute atomic E-state index is 11.8. The Balaban J connectivity index is 1.71. The Bertz CT molecular complexity index is 565. The third kappa shape index (κ3) is 5.06. The third-order valence-corrected chi connectivity index (χ3v) is 4.53. The standard InChI is InChI=1S/C16H22N2O4S/c1-21-13-4-3-12(11-14(13)22-2)5-7-17-15(19)6-8-18-9-10-23-16(18)20/h3-4,11H,5-10H2,1-2H3,(H,17,19). The molecule has 1 heterocycles. The van der Waals surface area contributed by atoms with Crippen LogP contribution in [0.3, 0.4) is 0 Å². The number of carbonyl (C=O) groups is 2. The highest BCUT2D eigenvalue weighted by molar-refractivity contribution is 8.13. The molecule has 7 heteroatoms. The molecule has 2 rings (SSSR count). The van der Waals surface area contributed by atoms with Crippen LogP contribution in [0.1, 0.15) is 12.0 Å². The summed E-state index contributed by atoms with van der Waals surface area (Å²) in [4.78, 5) is 25.0. The first-order chi connectivity index (χ1) is 11.1. The number of amides is 2. The number of ether oxygens (including phenoxy) is 2. The fraction of sp³-hybridized carbons (Fsp3) is 0.500. The van der Waals surface area contributed by atoms with Crippen LogP contribution in [-0.2, 0) is 11.2 Å². The molecular weight excluding hydrogens is 316 g/mol. The van der Waals surface area contributed by atoms with E-state index < -0.39 is 0 Å². The second-order valence-corrected chi connectivity index (χ2v) is 6.19. The summed E-state index contributed by atoms with van der Waals surface area (Å²) in [5.41, 5.74) is 1.06. The first-order valence-electron chi connectivity index (χ1n) is 7.53. The van der Waals surface area contributed by atoms with Crippen LogP contribution in [0.25, 0.3) is 0 Å². The van der Waals surface area contributed by atoms with E-state index in [9.17, 15) is 9.59 Å². The number of thioether (sulfide) groups is 1. The van der Waals surface area contributed by atoms with E-state index in [1.165, 1.54) is 11.8 Å². The summed E-state index contributed by atoms with van der Waals surface area (Å²) in [7, 11) is 3.20. The molecule has 1 aliphatic rings. The third-order valence-electron chi connectivity index (χ3n) is 3.64. The van der Waals surface area contributed by atoms with E-state index in [1.807, 2.05) is 18.2 Å². The van der Waals surface area contributed by atoms with Gasteiger partial charge in [-0.05, 0) is 24.1 Å². The largest absolute Gasteiger partial charge is 0.493 e. The maximum Gasteiger partial charge on any atom is 0.281 e. The van der Waals surface area contributed by atoms with Crippen molar-refractivity contribution in [3.63, 3.8) is 0 Å². The van der Waals surface area contributed by atoms with Gasteiger partial charge >= 0.3 is 0 Å². The quantitative estimate of drug-likeness (QED) is 0.784. The van der Waals surface area contributed by atoms with Gasteiger partial charge in [-0.3, -0.25) is 9.59 Å². The highest BCUT2D eigenvalue weighted by Gasteiger charge is 2.21. The lowest BCUT2D eigenvalue weighted by Crippen LogP contribution is -2.31. The van der Waals surface area contributed by atoms with E-state index in [4.69, 9.17) is 9.47 Å². The number of hydrogen-bond acceptors (Lipinski definition) is 5. The molecule has 6 nitrogen and oxygen atoms in total. The number of benzene rings is 1. The van der Waals surface area contributed by atoms with Crippen LogP contribution in [0, 0.1) is 0 Å². The second-order valence-electron chi connectivity index (χ2n) is 5.14. The molecular formula is C16H22N2O4S. The minimum atomic E-state index is -0.0322. The Labute approximate surface area is 140 Å². The van der Waals surface area contributed by atoms with Gasteiger partial charge < -0.3 is 19.7 Å². The molecule has 0 spiro atoms. The predicted octanol–water partition coefficient (Wildman–Crippen LogP) is 1.92. The van der Waals surface area contributed by atoms with Crippen LogP contribution in [0.4, 0.5) is 4.79 Å². The van der Waals surface area contributed by atoms with E-state index in [2.05, 4.69) is 5.32 Å². The number of carbonyl (C=O) groups excluding carboxylic acids is 2. The van der Waals surface area contributed by atoms with Crippen LogP contribution < -0.4 is 14.8 Å². The molecule has 0 aromatic heterocycles. The predicted molar refractivity (Wildman–Crippen MR) is 90.3 cm³/mol. The number of methoxy groups -OCH3 is 2. The summed E-state index contributed by atoms with van der Waals surface area (Å²) < 4.78 is 10.5. The minimum Gasteiger partial charge on any atom is -0.493 e. The van der Waals surface area contributed by atoms with Crippen molar-refractivity contribution < 1.29 is 19.1 Å². The zero-order chi connectivity index (χ0) is 16.7. The zero-order valence-corrected chi connectivity index (χ0v) is 14.3. The lowest BCUT2D eigenvalue weighted by atomic mass is 10.1. The van der Waals surface area contributed by atoms with E-state index in [0.717, 1.165) is 17.9 Å². The Kier molecular flexibility index (Phi) is 6.58. The summed E-state index contributed by atoms with van der Waals surface area (Å²) in [5.74, 6) is 2.16. The molecule has 23 heavy (non-hydrogen) atoms. The topological polar surface area (TPSA) is 67.9 Å². The summed E-state index contributed by atoms with van der Waals surface area (Å²) >= 11 is 1.31. The molecule has 0 bridgehead atoms. The Hall–Kier alpha value is -1.89. The first kappa shape index (κ1) is 17.5. The van der Waals surface area contributed by atoms with Crippen molar-refractivity contribution in [3.8, 4) is 11.5 Å². The first-order valence-corrected chi connectivity index (χ1v) is 8.52. The van der Waals surface area contributed by atoms with Gasteiger partial charge in [0.05, 0.1) is 14.2 Å². The average molecular weight is 338 g/mol. The van der Waals surface area contributed by atoms with Crippen molar-refractivity contribution in [1.29, 1.82) is 0 Å². The molecule has 126 valence electrons. The second kappa shape index (κ2) is 8.67. The number of nitrogens with zero attached hydrogens (tertiary/aromatic N) is 1. The van der Waals surface area contributed by atoms with Gasteiger partial charge in [0.25, 0.3) is 5.24 Å². The lowest BCUT2D eigenvalue weighted by molar-refractivity contribution is -0.121. The van der Waals surface area contributed by atoms with Gasteiger partial charge in [-0.1, -0.05) is 17.8 Å². The van der Waals surface area contributed by atoms with E-state index in [1.54, 1.807) is 19.1 Å². The van der Waals surface area contributed by atoms with Gasteiger partial charge in [-0.25, -0.2) is 0 Å². The van der Waals surface area contributed by atoms with Crippen molar-refractivity contribution in [2.45, 2.75) is 12.8 Å².